The molecule has 0 aromatic heterocycles. The fourth-order valence-electron chi connectivity index (χ4n) is 4.78. The van der Waals surface area contributed by atoms with E-state index in [1.54, 1.807) is 24.3 Å². The van der Waals surface area contributed by atoms with Crippen LogP contribution in [0.25, 0.3) is 0 Å². The maximum Gasteiger partial charge on any atom is 0.264 e. The average molecular weight is 667 g/mol. The van der Waals surface area contributed by atoms with Gasteiger partial charge in [-0.1, -0.05) is 115 Å². The molecule has 0 heterocycles. The van der Waals surface area contributed by atoms with E-state index in [2.05, 4.69) is 5.32 Å². The highest BCUT2D eigenvalue weighted by Gasteiger charge is 2.35. The van der Waals surface area contributed by atoms with Crippen LogP contribution in [0.2, 0.25) is 10.0 Å². The zero-order valence-electron chi connectivity index (χ0n) is 25.5. The summed E-state index contributed by atoms with van der Waals surface area (Å²) in [6.07, 6.45) is 0.228. The number of sulfonamides is 1. The van der Waals surface area contributed by atoms with Crippen molar-refractivity contribution in [2.75, 3.05) is 17.4 Å². The van der Waals surface area contributed by atoms with E-state index < -0.39 is 28.5 Å². The summed E-state index contributed by atoms with van der Waals surface area (Å²) in [4.78, 5) is 29.8. The van der Waals surface area contributed by atoms with Crippen molar-refractivity contribution in [3.8, 4) is 0 Å². The van der Waals surface area contributed by atoms with Gasteiger partial charge in [0, 0.05) is 24.5 Å². The zero-order chi connectivity index (χ0) is 32.6. The third kappa shape index (κ3) is 9.10. The number of rotatable bonds is 13. The molecule has 0 unspecified atom stereocenters. The predicted molar refractivity (Wildman–Crippen MR) is 181 cm³/mol. The monoisotopic (exact) mass is 665 g/mol. The Bertz CT molecular complexity index is 1700. The van der Waals surface area contributed by atoms with Crippen LogP contribution >= 0.6 is 23.2 Å². The lowest BCUT2D eigenvalue weighted by Gasteiger charge is -2.34. The molecule has 0 saturated heterocycles. The number of aryl methyl sites for hydroxylation is 1. The van der Waals surface area contributed by atoms with Gasteiger partial charge in [-0.2, -0.15) is 0 Å². The first-order chi connectivity index (χ1) is 21.5. The zero-order valence-corrected chi connectivity index (χ0v) is 27.8. The van der Waals surface area contributed by atoms with E-state index in [1.165, 1.54) is 29.2 Å². The van der Waals surface area contributed by atoms with E-state index >= 15 is 0 Å². The molecule has 4 rings (SSSR count). The van der Waals surface area contributed by atoms with Gasteiger partial charge in [0.15, 0.2) is 0 Å². The number of carbonyl (C=O) groups excluding carboxylic acids is 2. The number of amides is 2. The molecule has 0 aliphatic rings. The van der Waals surface area contributed by atoms with Crippen LogP contribution in [0, 0.1) is 12.8 Å². The van der Waals surface area contributed by atoms with Gasteiger partial charge in [-0.15, -0.1) is 0 Å². The molecule has 0 aliphatic heterocycles. The lowest BCUT2D eigenvalue weighted by Crippen LogP contribution is -2.53. The molecule has 4 aromatic rings. The molecule has 0 radical (unpaired) electrons. The van der Waals surface area contributed by atoms with Gasteiger partial charge in [0.2, 0.25) is 11.8 Å². The second-order valence-electron chi connectivity index (χ2n) is 11.3. The molecular formula is C35H37Cl2N3O4S. The van der Waals surface area contributed by atoms with Gasteiger partial charge < -0.3 is 10.2 Å². The minimum absolute atomic E-state index is 0.0190. The normalized spacial score (nSPS) is 12.0. The SMILES string of the molecule is Cc1ccc(CN(C(=O)CN(c2cc(Cl)ccc2Cl)S(=O)(=O)c2ccccc2)[C@H](Cc2ccccc2)C(=O)NCC(C)C)cc1. The molecule has 4 aromatic carbocycles. The predicted octanol–water partition coefficient (Wildman–Crippen LogP) is 6.91. The Labute approximate surface area is 275 Å². The molecule has 2 amide bonds. The summed E-state index contributed by atoms with van der Waals surface area (Å²) in [5.74, 6) is -0.720. The number of halogens is 2. The first-order valence-electron chi connectivity index (χ1n) is 14.6. The van der Waals surface area contributed by atoms with Crippen LogP contribution in [0.4, 0.5) is 5.69 Å². The molecule has 0 saturated carbocycles. The Hall–Kier alpha value is -3.85. The lowest BCUT2D eigenvalue weighted by atomic mass is 10.0. The minimum atomic E-state index is -4.28. The van der Waals surface area contributed by atoms with Crippen molar-refractivity contribution >= 4 is 50.7 Å². The molecule has 0 fully saturated rings. The van der Waals surface area contributed by atoms with Crippen LogP contribution in [0.3, 0.4) is 0 Å². The summed E-state index contributed by atoms with van der Waals surface area (Å²) >= 11 is 12.8. The van der Waals surface area contributed by atoms with E-state index in [0.29, 0.717) is 6.54 Å². The van der Waals surface area contributed by atoms with E-state index in [1.807, 2.05) is 75.4 Å². The number of hydrogen-bond donors (Lipinski definition) is 1. The Kier molecular flexibility index (Phi) is 11.7. The van der Waals surface area contributed by atoms with Crippen LogP contribution in [0.15, 0.2) is 108 Å². The van der Waals surface area contributed by atoms with Crippen molar-refractivity contribution in [2.24, 2.45) is 5.92 Å². The van der Waals surface area contributed by atoms with E-state index in [0.717, 1.165) is 21.0 Å². The first kappa shape index (κ1) is 34.0. The number of carbonyl (C=O) groups is 2. The molecule has 0 bridgehead atoms. The Morgan fingerprint density at radius 2 is 1.44 bits per heavy atom. The summed E-state index contributed by atoms with van der Waals surface area (Å²) in [6.45, 7) is 5.82. The van der Waals surface area contributed by atoms with Gasteiger partial charge in [0.1, 0.15) is 12.6 Å². The fraction of sp³-hybridized carbons (Fsp3) is 0.257. The largest absolute Gasteiger partial charge is 0.354 e. The van der Waals surface area contributed by atoms with Crippen molar-refractivity contribution in [3.63, 3.8) is 0 Å². The summed E-state index contributed by atoms with van der Waals surface area (Å²) in [5, 5.41) is 3.34. The molecule has 45 heavy (non-hydrogen) atoms. The molecule has 236 valence electrons. The molecule has 7 nitrogen and oxygen atoms in total. The number of nitrogens with zero attached hydrogens (tertiary/aromatic N) is 2. The number of nitrogens with one attached hydrogen (secondary N) is 1. The maximum atomic E-state index is 14.5. The van der Waals surface area contributed by atoms with Crippen LogP contribution in [-0.4, -0.2) is 44.3 Å². The van der Waals surface area contributed by atoms with Crippen molar-refractivity contribution in [2.45, 2.75) is 44.7 Å². The van der Waals surface area contributed by atoms with Gasteiger partial charge >= 0.3 is 0 Å². The highest BCUT2D eigenvalue weighted by atomic mass is 35.5. The molecular weight excluding hydrogens is 629 g/mol. The lowest BCUT2D eigenvalue weighted by molar-refractivity contribution is -0.140. The van der Waals surface area contributed by atoms with Crippen molar-refractivity contribution in [3.05, 3.63) is 130 Å². The Balaban J connectivity index is 1.82. The van der Waals surface area contributed by atoms with Gasteiger partial charge in [0.25, 0.3) is 10.0 Å². The fourth-order valence-corrected chi connectivity index (χ4v) is 6.66. The smallest absolute Gasteiger partial charge is 0.264 e. The van der Waals surface area contributed by atoms with E-state index in [9.17, 15) is 18.0 Å². The number of hydrogen-bond acceptors (Lipinski definition) is 4. The average Bonchev–Trinajstić information content (AvgIpc) is 3.03. The van der Waals surface area contributed by atoms with E-state index in [-0.39, 0.29) is 45.4 Å². The maximum absolute atomic E-state index is 14.5. The summed E-state index contributed by atoms with van der Waals surface area (Å²) in [6, 6.07) is 28.4. The van der Waals surface area contributed by atoms with E-state index in [4.69, 9.17) is 23.2 Å². The van der Waals surface area contributed by atoms with Gasteiger partial charge in [-0.25, -0.2) is 8.42 Å². The molecule has 10 heteroatoms. The molecule has 1 N–H and O–H groups in total. The number of benzene rings is 4. The van der Waals surface area contributed by atoms with Gasteiger partial charge in [-0.3, -0.25) is 13.9 Å². The van der Waals surface area contributed by atoms with Gasteiger partial charge in [0.05, 0.1) is 15.6 Å². The third-order valence-corrected chi connectivity index (χ3v) is 9.54. The summed E-state index contributed by atoms with van der Waals surface area (Å²) < 4.78 is 29.2. The Morgan fingerprint density at radius 1 is 0.822 bits per heavy atom. The highest BCUT2D eigenvalue weighted by molar-refractivity contribution is 7.92. The highest BCUT2D eigenvalue weighted by Crippen LogP contribution is 2.33. The topological polar surface area (TPSA) is 86.8 Å². The first-order valence-corrected chi connectivity index (χ1v) is 16.8. The second-order valence-corrected chi connectivity index (χ2v) is 14.0. The summed E-state index contributed by atoms with van der Waals surface area (Å²) in [7, 11) is -4.28. The van der Waals surface area contributed by atoms with Crippen LogP contribution in [0.5, 0.6) is 0 Å². The van der Waals surface area contributed by atoms with Crippen molar-refractivity contribution < 1.29 is 18.0 Å². The number of anilines is 1. The van der Waals surface area contributed by atoms with Crippen molar-refractivity contribution in [1.29, 1.82) is 0 Å². The molecule has 1 atom stereocenters. The molecule has 0 spiro atoms. The van der Waals surface area contributed by atoms with Gasteiger partial charge in [-0.05, 0) is 54.3 Å². The second kappa shape index (κ2) is 15.4. The van der Waals surface area contributed by atoms with Crippen LogP contribution < -0.4 is 9.62 Å². The third-order valence-electron chi connectivity index (χ3n) is 7.22. The van der Waals surface area contributed by atoms with Crippen LogP contribution in [-0.2, 0) is 32.6 Å². The summed E-state index contributed by atoms with van der Waals surface area (Å²) in [5.41, 5.74) is 2.75. The van der Waals surface area contributed by atoms with Crippen LogP contribution in [0.1, 0.15) is 30.5 Å². The minimum Gasteiger partial charge on any atom is -0.354 e. The molecule has 0 aliphatic carbocycles. The quantitative estimate of drug-likeness (QED) is 0.168. The van der Waals surface area contributed by atoms with Crippen molar-refractivity contribution in [1.82, 2.24) is 10.2 Å². The standard InChI is InChI=1S/C35H37Cl2N3O4S/c1-25(2)22-38-35(42)33(20-27-10-6-4-7-11-27)39(23-28-16-14-26(3)15-17-28)34(41)24-40(32-21-29(36)18-19-31(32)37)45(43,44)30-12-8-5-9-13-30/h4-19,21,25,33H,20,22-24H2,1-3H3,(H,38,42)/t33-/m1/s1. The Morgan fingerprint density at radius 3 is 2.07 bits per heavy atom.